The van der Waals surface area contributed by atoms with Crippen molar-refractivity contribution in [3.05, 3.63) is 146 Å². The van der Waals surface area contributed by atoms with Crippen LogP contribution in [0.1, 0.15) is 114 Å². The van der Waals surface area contributed by atoms with Gasteiger partial charge in [-0.1, -0.05) is 138 Å². The van der Waals surface area contributed by atoms with Crippen molar-refractivity contribution in [1.29, 1.82) is 0 Å². The van der Waals surface area contributed by atoms with E-state index in [1.807, 2.05) is 0 Å². The molecule has 0 saturated heterocycles. The van der Waals surface area contributed by atoms with Crippen LogP contribution in [0.3, 0.4) is 0 Å². The molecule has 8 rings (SSSR count). The average Bonchev–Trinajstić information content (AvgIpc) is 3.79. The monoisotopic (exact) mass is 878 g/mol. The minimum atomic E-state index is 0. The quantitative estimate of drug-likeness (QED) is 0.106. The van der Waals surface area contributed by atoms with Crippen molar-refractivity contribution >= 4 is 53.2 Å². The Kier molecular flexibility index (Phi) is 20.9. The molecule has 0 unspecified atom stereocenters. The molecule has 2 aliphatic carbocycles. The van der Waals surface area contributed by atoms with E-state index in [-0.39, 0.29) is 39.7 Å². The van der Waals surface area contributed by atoms with Crippen LogP contribution in [0.4, 0.5) is 0 Å². The summed E-state index contributed by atoms with van der Waals surface area (Å²) in [5, 5.41) is 5.63. The van der Waals surface area contributed by atoms with E-state index in [9.17, 15) is 0 Å². The molecule has 2 radical (unpaired) electrons. The SMILES string of the molecule is CCc1ccc(-c2cccc3[cH-]c(CC4(C)CCCCC4)cc23)cc1.CCc1ccc(-c2cccc3[cH-]c(CC4(C)CCCCC4)cc23)cc1.Cl.Cl.[CH3-].[CH3-].[Si]=[Zr]. The van der Waals surface area contributed by atoms with Crippen LogP contribution in [0.15, 0.2) is 109 Å². The number of aryl methyl sites for hydroxylation is 2. The van der Waals surface area contributed by atoms with Gasteiger partial charge >= 0.3 is 30.2 Å². The van der Waals surface area contributed by atoms with Crippen molar-refractivity contribution in [2.75, 3.05) is 0 Å². The molecule has 2 fully saturated rings. The van der Waals surface area contributed by atoms with E-state index in [0.717, 1.165) is 12.8 Å². The van der Waals surface area contributed by atoms with Crippen LogP contribution in [-0.4, -0.2) is 6.88 Å². The Labute approximate surface area is 370 Å². The second-order valence-corrected chi connectivity index (χ2v) is 16.5. The zero-order chi connectivity index (χ0) is 36.6. The molecule has 6 aromatic carbocycles. The zero-order valence-corrected chi connectivity index (χ0v) is 40.2. The summed E-state index contributed by atoms with van der Waals surface area (Å²) in [6, 6.07) is 41.5. The zero-order valence-electron chi connectivity index (χ0n) is 35.1. The molecule has 0 N–H and O–H groups in total. The molecule has 0 heterocycles. The van der Waals surface area contributed by atoms with Crippen LogP contribution in [-0.2, 0) is 49.0 Å². The molecule has 300 valence electrons. The van der Waals surface area contributed by atoms with Crippen molar-refractivity contribution in [2.45, 2.75) is 118 Å². The summed E-state index contributed by atoms with van der Waals surface area (Å²) in [6.45, 7) is 12.5. The third-order valence-corrected chi connectivity index (χ3v) is 12.4. The summed E-state index contributed by atoms with van der Waals surface area (Å²) in [5.74, 6) is 0. The van der Waals surface area contributed by atoms with Crippen LogP contribution >= 0.6 is 24.8 Å². The fourth-order valence-corrected chi connectivity index (χ4v) is 9.29. The van der Waals surface area contributed by atoms with Gasteiger partial charge in [0.05, 0.1) is 0 Å². The molecule has 0 aromatic heterocycles. The molecule has 0 spiro atoms. The van der Waals surface area contributed by atoms with Crippen LogP contribution in [0.25, 0.3) is 43.8 Å². The molecular weight excluding hydrogens is 815 g/mol. The molecule has 0 amide bonds. The second kappa shape index (κ2) is 23.4. The number of halogens is 2. The van der Waals surface area contributed by atoms with Crippen LogP contribution in [0, 0.1) is 25.7 Å². The molecule has 0 nitrogen and oxygen atoms in total. The van der Waals surface area contributed by atoms with Gasteiger partial charge in [-0.2, -0.15) is 12.1 Å². The van der Waals surface area contributed by atoms with Gasteiger partial charge in [0, 0.05) is 0 Å². The van der Waals surface area contributed by atoms with Crippen molar-refractivity contribution in [2.24, 2.45) is 10.8 Å². The molecule has 2 aliphatic rings. The summed E-state index contributed by atoms with van der Waals surface area (Å²) in [6.07, 6.45) is 18.7. The van der Waals surface area contributed by atoms with E-state index >= 15 is 0 Å². The molecule has 4 heteroatoms. The summed E-state index contributed by atoms with van der Waals surface area (Å²) >= 11 is 1.36. The molecule has 2 saturated carbocycles. The summed E-state index contributed by atoms with van der Waals surface area (Å²) in [4.78, 5) is 0. The Bertz CT molecular complexity index is 1870. The van der Waals surface area contributed by atoms with Gasteiger partial charge in [-0.05, 0) is 84.5 Å². The molecule has 56 heavy (non-hydrogen) atoms. The van der Waals surface area contributed by atoms with Crippen LogP contribution in [0.2, 0.25) is 0 Å². The van der Waals surface area contributed by atoms with Crippen molar-refractivity contribution in [3.63, 3.8) is 0 Å². The topological polar surface area (TPSA) is 0 Å². The Hall–Kier alpha value is -2.22. The van der Waals surface area contributed by atoms with E-state index in [4.69, 9.17) is 0 Å². The second-order valence-electron chi connectivity index (χ2n) is 16.5. The first-order chi connectivity index (χ1) is 25.3. The van der Waals surface area contributed by atoms with Gasteiger partial charge in [0.25, 0.3) is 0 Å². The van der Waals surface area contributed by atoms with Gasteiger partial charge < -0.3 is 14.9 Å². The third kappa shape index (κ3) is 12.4. The number of hydrogen-bond donors (Lipinski definition) is 0. The molecular formula is C52H66Cl2SiZr-4. The first-order valence-electron chi connectivity index (χ1n) is 20.1. The van der Waals surface area contributed by atoms with Crippen molar-refractivity contribution in [3.8, 4) is 22.3 Å². The van der Waals surface area contributed by atoms with Gasteiger partial charge in [0.1, 0.15) is 0 Å². The van der Waals surface area contributed by atoms with E-state index < -0.39 is 0 Å². The normalized spacial score (nSPS) is 15.3. The Balaban J connectivity index is 0.000000347. The Morgan fingerprint density at radius 3 is 1.18 bits per heavy atom. The summed E-state index contributed by atoms with van der Waals surface area (Å²) < 4.78 is 0. The first kappa shape index (κ1) is 49.9. The fourth-order valence-electron chi connectivity index (χ4n) is 9.29. The predicted molar refractivity (Wildman–Crippen MR) is 252 cm³/mol. The third-order valence-electron chi connectivity index (χ3n) is 12.4. The van der Waals surface area contributed by atoms with E-state index in [2.05, 4.69) is 144 Å². The Morgan fingerprint density at radius 2 is 0.857 bits per heavy atom. The molecule has 0 atom stereocenters. The van der Waals surface area contributed by atoms with E-state index in [1.54, 1.807) is 0 Å². The number of fused-ring (bicyclic) bond motifs is 2. The minimum absolute atomic E-state index is 0. The first-order valence-corrected chi connectivity index (χ1v) is 24.3. The maximum absolute atomic E-state index is 3.06. The fraction of sp³-hybridized carbons (Fsp3) is 0.385. The van der Waals surface area contributed by atoms with Gasteiger partial charge in [-0.3, -0.25) is 0 Å². The van der Waals surface area contributed by atoms with E-state index in [0.29, 0.717) is 10.8 Å². The van der Waals surface area contributed by atoms with Gasteiger partial charge in [-0.15, -0.1) is 93.9 Å². The van der Waals surface area contributed by atoms with Crippen molar-refractivity contribution in [1.82, 2.24) is 0 Å². The summed E-state index contributed by atoms with van der Waals surface area (Å²) in [7, 11) is 0. The predicted octanol–water partition coefficient (Wildman–Crippen LogP) is 16.0. The molecule has 0 aliphatic heterocycles. The van der Waals surface area contributed by atoms with E-state index in [1.165, 1.54) is 166 Å². The Morgan fingerprint density at radius 1 is 0.518 bits per heavy atom. The van der Waals surface area contributed by atoms with Gasteiger partial charge in [0.15, 0.2) is 0 Å². The van der Waals surface area contributed by atoms with Crippen LogP contribution < -0.4 is 0 Å². The standard InChI is InChI=1S/2C25H29.2CH3.2ClH.Si.Zr/c2*1-3-19-10-12-21(13-11-19)23-9-7-8-22-16-20(17-24(22)23)18-25(2)14-5-4-6-15-25;;;;;;/h2*7-13,16-17H,3-6,14-15,18H2,1-2H3;2*1H3;2*1H;;/q4*-1;;;;. The molecule has 0 bridgehead atoms. The maximum atomic E-state index is 3.06. The molecule has 6 aromatic rings. The van der Waals surface area contributed by atoms with Gasteiger partial charge in [-0.25, -0.2) is 0 Å². The van der Waals surface area contributed by atoms with Crippen molar-refractivity contribution < 1.29 is 23.3 Å². The summed E-state index contributed by atoms with van der Waals surface area (Å²) in [5.41, 5.74) is 12.3. The van der Waals surface area contributed by atoms with Gasteiger partial charge in [0.2, 0.25) is 0 Å². The number of hydrogen-bond acceptors (Lipinski definition) is 0. The van der Waals surface area contributed by atoms with Crippen LogP contribution in [0.5, 0.6) is 0 Å². The number of rotatable bonds is 8. The average molecular weight is 881 g/mol. The number of benzene rings is 4.